The Balaban J connectivity index is 2.26. The van der Waals surface area contributed by atoms with Gasteiger partial charge in [0.15, 0.2) is 5.82 Å². The first kappa shape index (κ1) is 15.4. The molecule has 1 unspecified atom stereocenters. The molecule has 0 aliphatic heterocycles. The zero-order chi connectivity index (χ0) is 15.2. The zero-order valence-electron chi connectivity index (χ0n) is 13.1. The van der Waals surface area contributed by atoms with Crippen LogP contribution in [-0.4, -0.2) is 33.9 Å². The lowest BCUT2D eigenvalue weighted by atomic mass is 10.0. The summed E-state index contributed by atoms with van der Waals surface area (Å²) in [5, 5.41) is 15.8. The summed E-state index contributed by atoms with van der Waals surface area (Å²) in [7, 11) is 3.48. The van der Waals surface area contributed by atoms with Gasteiger partial charge in [-0.25, -0.2) is 0 Å². The van der Waals surface area contributed by atoms with E-state index in [1.165, 1.54) is 10.4 Å². The Morgan fingerprint density at radius 3 is 2.81 bits per heavy atom. The molecule has 1 heterocycles. The van der Waals surface area contributed by atoms with Gasteiger partial charge in [-0.15, -0.1) is 10.2 Å². The van der Waals surface area contributed by atoms with Crippen LogP contribution in [0.3, 0.4) is 0 Å². The van der Waals surface area contributed by atoms with Crippen molar-refractivity contribution >= 4 is 0 Å². The molecular formula is C15H23N5O. The largest absolute Gasteiger partial charge is 0.496 e. The topological polar surface area (TPSA) is 64.9 Å². The molecular weight excluding hydrogens is 266 g/mol. The number of aromatic nitrogens is 4. The van der Waals surface area contributed by atoms with Crippen LogP contribution in [0.25, 0.3) is 0 Å². The monoisotopic (exact) mass is 289 g/mol. The van der Waals surface area contributed by atoms with E-state index in [9.17, 15) is 0 Å². The molecule has 0 fully saturated rings. The summed E-state index contributed by atoms with van der Waals surface area (Å²) >= 11 is 0. The minimum atomic E-state index is 0.115. The van der Waals surface area contributed by atoms with Gasteiger partial charge in [-0.3, -0.25) is 0 Å². The Labute approximate surface area is 125 Å². The van der Waals surface area contributed by atoms with Crippen molar-refractivity contribution in [3.05, 3.63) is 35.2 Å². The number of aryl methyl sites for hydroxylation is 2. The van der Waals surface area contributed by atoms with Gasteiger partial charge in [-0.2, -0.15) is 4.80 Å². The number of hydrogen-bond donors (Lipinski definition) is 1. The molecule has 0 radical (unpaired) electrons. The van der Waals surface area contributed by atoms with Crippen molar-refractivity contribution < 1.29 is 4.74 Å². The number of hydrogen-bond acceptors (Lipinski definition) is 5. The highest BCUT2D eigenvalue weighted by atomic mass is 16.5. The predicted octanol–water partition coefficient (Wildman–Crippen LogP) is 1.81. The Morgan fingerprint density at radius 2 is 2.19 bits per heavy atom. The second-order valence-corrected chi connectivity index (χ2v) is 5.15. The first-order chi connectivity index (χ1) is 10.1. The van der Waals surface area contributed by atoms with Crippen LogP contribution in [0.1, 0.15) is 36.3 Å². The lowest BCUT2D eigenvalue weighted by Crippen LogP contribution is -2.25. The van der Waals surface area contributed by atoms with Crippen LogP contribution in [-0.2, 0) is 13.5 Å². The van der Waals surface area contributed by atoms with Crippen LogP contribution in [0, 0.1) is 6.92 Å². The number of ether oxygens (including phenoxy) is 1. The minimum absolute atomic E-state index is 0.115. The van der Waals surface area contributed by atoms with Crippen molar-refractivity contribution in [1.29, 1.82) is 0 Å². The van der Waals surface area contributed by atoms with Crippen molar-refractivity contribution in [2.75, 3.05) is 13.7 Å². The van der Waals surface area contributed by atoms with Crippen molar-refractivity contribution in [3.63, 3.8) is 0 Å². The molecule has 1 aromatic heterocycles. The Kier molecular flexibility index (Phi) is 5.27. The van der Waals surface area contributed by atoms with Crippen LogP contribution >= 0.6 is 0 Å². The number of rotatable bonds is 7. The van der Waals surface area contributed by atoms with Crippen molar-refractivity contribution in [1.82, 2.24) is 25.5 Å². The number of methoxy groups -OCH3 is 1. The molecule has 0 saturated heterocycles. The molecule has 6 nitrogen and oxygen atoms in total. The highest BCUT2D eigenvalue weighted by molar-refractivity contribution is 5.39. The molecule has 114 valence electrons. The summed E-state index contributed by atoms with van der Waals surface area (Å²) in [6.07, 6.45) is 1.76. The molecule has 2 rings (SSSR count). The molecule has 1 atom stereocenters. The standard InChI is InChI=1S/C15H23N5O/c1-5-8-16-13(10-15-17-19-20(3)18-15)12-7-6-11(2)9-14(12)21-4/h6-7,9,13,16H,5,8,10H2,1-4H3. The molecule has 21 heavy (non-hydrogen) atoms. The van der Waals surface area contributed by atoms with Crippen molar-refractivity contribution in [2.24, 2.45) is 7.05 Å². The van der Waals surface area contributed by atoms with Gasteiger partial charge in [0.2, 0.25) is 0 Å². The van der Waals surface area contributed by atoms with Gasteiger partial charge in [-0.1, -0.05) is 19.1 Å². The van der Waals surface area contributed by atoms with Gasteiger partial charge in [-0.05, 0) is 36.7 Å². The average molecular weight is 289 g/mol. The van der Waals surface area contributed by atoms with E-state index in [2.05, 4.69) is 52.8 Å². The number of nitrogens with one attached hydrogen (secondary N) is 1. The second kappa shape index (κ2) is 7.17. The summed E-state index contributed by atoms with van der Waals surface area (Å²) in [6.45, 7) is 5.14. The van der Waals surface area contributed by atoms with Gasteiger partial charge >= 0.3 is 0 Å². The molecule has 1 N–H and O–H groups in total. The van der Waals surface area contributed by atoms with E-state index in [0.717, 1.165) is 30.1 Å². The second-order valence-electron chi connectivity index (χ2n) is 5.15. The third-order valence-corrected chi connectivity index (χ3v) is 3.34. The lowest BCUT2D eigenvalue weighted by molar-refractivity contribution is 0.397. The minimum Gasteiger partial charge on any atom is -0.496 e. The lowest BCUT2D eigenvalue weighted by Gasteiger charge is -2.20. The van der Waals surface area contributed by atoms with E-state index < -0.39 is 0 Å². The fourth-order valence-electron chi connectivity index (χ4n) is 2.30. The highest BCUT2D eigenvalue weighted by Crippen LogP contribution is 2.28. The molecule has 2 aromatic rings. The molecule has 0 bridgehead atoms. The summed E-state index contributed by atoms with van der Waals surface area (Å²) < 4.78 is 5.53. The zero-order valence-corrected chi connectivity index (χ0v) is 13.1. The third kappa shape index (κ3) is 4.01. The van der Waals surface area contributed by atoms with E-state index in [1.54, 1.807) is 14.2 Å². The Hall–Kier alpha value is -1.95. The van der Waals surface area contributed by atoms with Crippen molar-refractivity contribution in [2.45, 2.75) is 32.7 Å². The molecule has 6 heteroatoms. The Morgan fingerprint density at radius 1 is 1.38 bits per heavy atom. The van der Waals surface area contributed by atoms with Crippen LogP contribution in [0.2, 0.25) is 0 Å². The van der Waals surface area contributed by atoms with Gasteiger partial charge in [0.05, 0.1) is 14.2 Å². The fraction of sp³-hybridized carbons (Fsp3) is 0.533. The van der Waals surface area contributed by atoms with E-state index >= 15 is 0 Å². The van der Waals surface area contributed by atoms with Crippen LogP contribution < -0.4 is 10.1 Å². The van der Waals surface area contributed by atoms with Gasteiger partial charge in [0.1, 0.15) is 5.75 Å². The number of benzene rings is 1. The normalized spacial score (nSPS) is 12.4. The number of tetrazole rings is 1. The van der Waals surface area contributed by atoms with Gasteiger partial charge < -0.3 is 10.1 Å². The van der Waals surface area contributed by atoms with Crippen LogP contribution in [0.4, 0.5) is 0 Å². The van der Waals surface area contributed by atoms with Crippen LogP contribution in [0.5, 0.6) is 5.75 Å². The van der Waals surface area contributed by atoms with Gasteiger partial charge in [0, 0.05) is 18.0 Å². The van der Waals surface area contributed by atoms with Crippen LogP contribution in [0.15, 0.2) is 18.2 Å². The average Bonchev–Trinajstić information content (AvgIpc) is 2.88. The molecule has 0 spiro atoms. The third-order valence-electron chi connectivity index (χ3n) is 3.34. The quantitative estimate of drug-likeness (QED) is 0.842. The Bertz CT molecular complexity index is 581. The first-order valence-corrected chi connectivity index (χ1v) is 7.24. The summed E-state index contributed by atoms with van der Waals surface area (Å²) in [4.78, 5) is 1.48. The summed E-state index contributed by atoms with van der Waals surface area (Å²) in [6, 6.07) is 6.38. The smallest absolute Gasteiger partial charge is 0.176 e. The highest BCUT2D eigenvalue weighted by Gasteiger charge is 2.18. The maximum Gasteiger partial charge on any atom is 0.176 e. The molecule has 0 aliphatic carbocycles. The summed E-state index contributed by atoms with van der Waals surface area (Å²) in [5.74, 6) is 1.63. The SMILES string of the molecule is CCCNC(Cc1nnn(C)n1)c1ccc(C)cc1OC. The first-order valence-electron chi connectivity index (χ1n) is 7.24. The van der Waals surface area contributed by atoms with E-state index in [0.29, 0.717) is 6.42 Å². The maximum absolute atomic E-state index is 5.53. The number of nitrogens with zero attached hydrogens (tertiary/aromatic N) is 4. The molecule has 0 saturated carbocycles. The van der Waals surface area contributed by atoms with E-state index in [-0.39, 0.29) is 6.04 Å². The summed E-state index contributed by atoms with van der Waals surface area (Å²) in [5.41, 5.74) is 2.31. The van der Waals surface area contributed by atoms with Crippen molar-refractivity contribution in [3.8, 4) is 5.75 Å². The molecule has 0 amide bonds. The molecule has 1 aromatic carbocycles. The predicted molar refractivity (Wildman–Crippen MR) is 81.3 cm³/mol. The maximum atomic E-state index is 5.53. The molecule has 0 aliphatic rings. The van der Waals surface area contributed by atoms with Gasteiger partial charge in [0.25, 0.3) is 0 Å². The fourth-order valence-corrected chi connectivity index (χ4v) is 2.30. The van der Waals surface area contributed by atoms with E-state index in [4.69, 9.17) is 4.74 Å². The van der Waals surface area contributed by atoms with E-state index in [1.807, 2.05) is 0 Å².